The maximum Gasteiger partial charge on any atom is 0.258 e. The van der Waals surface area contributed by atoms with E-state index < -0.39 is 0 Å². The van der Waals surface area contributed by atoms with E-state index >= 15 is 0 Å². The Morgan fingerprint density at radius 1 is 1.12 bits per heavy atom. The molecule has 0 bridgehead atoms. The lowest BCUT2D eigenvalue weighted by molar-refractivity contribution is 0.793. The Kier molecular flexibility index (Phi) is 4.60. The monoisotopic (exact) mass is 427 g/mol. The molecule has 0 amide bonds. The molecular formula is C18H14BrN5OS. The van der Waals surface area contributed by atoms with Gasteiger partial charge in [-0.2, -0.15) is 0 Å². The minimum Gasteiger partial charge on any atom is -0.305 e. The van der Waals surface area contributed by atoms with Gasteiger partial charge < -0.3 is 4.57 Å². The number of hydrogen-bond acceptors (Lipinski definition) is 5. The van der Waals surface area contributed by atoms with Gasteiger partial charge >= 0.3 is 0 Å². The summed E-state index contributed by atoms with van der Waals surface area (Å²) in [5.41, 5.74) is 2.25. The Balaban J connectivity index is 1.58. The van der Waals surface area contributed by atoms with Crippen LogP contribution in [-0.2, 0) is 12.8 Å². The fourth-order valence-electron chi connectivity index (χ4n) is 2.62. The van der Waals surface area contributed by atoms with Gasteiger partial charge in [-0.25, -0.2) is 4.98 Å². The minimum absolute atomic E-state index is 0.102. The second-order valence-electron chi connectivity index (χ2n) is 5.68. The van der Waals surface area contributed by atoms with Crippen molar-refractivity contribution in [3.05, 3.63) is 75.2 Å². The van der Waals surface area contributed by atoms with Crippen molar-refractivity contribution in [3.8, 4) is 11.4 Å². The van der Waals surface area contributed by atoms with Gasteiger partial charge in [-0.1, -0.05) is 42.1 Å². The van der Waals surface area contributed by atoms with Gasteiger partial charge in [-0.15, -0.1) is 10.2 Å². The molecule has 6 nitrogen and oxygen atoms in total. The number of fused-ring (bicyclic) bond motifs is 1. The Morgan fingerprint density at radius 3 is 2.73 bits per heavy atom. The lowest BCUT2D eigenvalue weighted by Gasteiger charge is -2.05. The van der Waals surface area contributed by atoms with Gasteiger partial charge in [-0.3, -0.25) is 9.20 Å². The zero-order valence-electron chi connectivity index (χ0n) is 13.8. The number of rotatable bonds is 4. The summed E-state index contributed by atoms with van der Waals surface area (Å²) in [6, 6.07) is 15.2. The highest BCUT2D eigenvalue weighted by Crippen LogP contribution is 2.24. The molecule has 0 atom stereocenters. The molecule has 3 aromatic heterocycles. The highest BCUT2D eigenvalue weighted by atomic mass is 79.9. The molecule has 0 saturated heterocycles. The van der Waals surface area contributed by atoms with Crippen molar-refractivity contribution in [2.45, 2.75) is 10.9 Å². The molecule has 130 valence electrons. The molecule has 26 heavy (non-hydrogen) atoms. The van der Waals surface area contributed by atoms with E-state index in [0.717, 1.165) is 21.0 Å². The molecular weight excluding hydrogens is 414 g/mol. The molecule has 0 spiro atoms. The van der Waals surface area contributed by atoms with Gasteiger partial charge in [0.25, 0.3) is 5.56 Å². The topological polar surface area (TPSA) is 65.1 Å². The zero-order valence-corrected chi connectivity index (χ0v) is 16.2. The highest BCUT2D eigenvalue weighted by molar-refractivity contribution is 9.10. The molecule has 0 unspecified atom stereocenters. The molecule has 0 fully saturated rings. The summed E-state index contributed by atoms with van der Waals surface area (Å²) in [4.78, 5) is 16.8. The van der Waals surface area contributed by atoms with E-state index in [9.17, 15) is 4.79 Å². The van der Waals surface area contributed by atoms with E-state index in [1.807, 2.05) is 54.1 Å². The Bertz CT molecular complexity index is 1140. The number of thioether (sulfide) groups is 1. The van der Waals surface area contributed by atoms with E-state index in [2.05, 4.69) is 31.1 Å². The first kappa shape index (κ1) is 17.0. The van der Waals surface area contributed by atoms with Gasteiger partial charge in [0.15, 0.2) is 11.0 Å². The lowest BCUT2D eigenvalue weighted by atomic mass is 10.2. The summed E-state index contributed by atoms with van der Waals surface area (Å²) in [5, 5.41) is 9.32. The van der Waals surface area contributed by atoms with Gasteiger partial charge in [0, 0.05) is 35.1 Å². The van der Waals surface area contributed by atoms with Crippen LogP contribution in [0.15, 0.2) is 69.2 Å². The summed E-state index contributed by atoms with van der Waals surface area (Å²) < 4.78 is 4.31. The smallest absolute Gasteiger partial charge is 0.258 e. The predicted octanol–water partition coefficient (Wildman–Crippen LogP) is 3.54. The molecule has 8 heteroatoms. The average Bonchev–Trinajstić information content (AvgIpc) is 3.02. The van der Waals surface area contributed by atoms with Crippen molar-refractivity contribution in [1.29, 1.82) is 0 Å². The van der Waals surface area contributed by atoms with Crippen molar-refractivity contribution >= 4 is 33.3 Å². The van der Waals surface area contributed by atoms with Crippen LogP contribution in [0.3, 0.4) is 0 Å². The van der Waals surface area contributed by atoms with E-state index in [1.54, 1.807) is 12.3 Å². The fraction of sp³-hybridized carbons (Fsp3) is 0.111. The number of aromatic nitrogens is 5. The van der Waals surface area contributed by atoms with Crippen LogP contribution in [-0.4, -0.2) is 24.1 Å². The molecule has 0 aliphatic heterocycles. The fourth-order valence-corrected chi connectivity index (χ4v) is 3.76. The minimum atomic E-state index is -0.102. The van der Waals surface area contributed by atoms with Gasteiger partial charge in [-0.05, 0) is 28.1 Å². The van der Waals surface area contributed by atoms with Gasteiger partial charge in [0.1, 0.15) is 5.65 Å². The molecule has 1 aromatic carbocycles. The van der Waals surface area contributed by atoms with E-state index in [-0.39, 0.29) is 5.56 Å². The first-order valence-electron chi connectivity index (χ1n) is 7.87. The van der Waals surface area contributed by atoms with Crippen LogP contribution in [0, 0.1) is 0 Å². The summed E-state index contributed by atoms with van der Waals surface area (Å²) in [5.74, 6) is 1.35. The molecule has 4 aromatic rings. The molecule has 0 saturated carbocycles. The Labute approximate surface area is 162 Å². The SMILES string of the molecule is Cn1c(SCc2cc(=O)n3cc(Br)ccc3n2)nnc1-c1ccccc1. The van der Waals surface area contributed by atoms with Crippen LogP contribution in [0.2, 0.25) is 0 Å². The average molecular weight is 428 g/mol. The van der Waals surface area contributed by atoms with E-state index in [1.165, 1.54) is 16.2 Å². The van der Waals surface area contributed by atoms with Crippen molar-refractivity contribution in [1.82, 2.24) is 24.1 Å². The van der Waals surface area contributed by atoms with Crippen LogP contribution >= 0.6 is 27.7 Å². The lowest BCUT2D eigenvalue weighted by Crippen LogP contribution is -2.15. The summed E-state index contributed by atoms with van der Waals surface area (Å²) in [7, 11) is 1.94. The summed E-state index contributed by atoms with van der Waals surface area (Å²) in [6.07, 6.45) is 1.72. The van der Waals surface area contributed by atoms with Gasteiger partial charge in [0.05, 0.1) is 5.69 Å². The number of halogens is 1. The third-order valence-electron chi connectivity index (χ3n) is 3.89. The maximum atomic E-state index is 12.3. The van der Waals surface area contributed by atoms with Crippen LogP contribution in [0.25, 0.3) is 17.0 Å². The predicted molar refractivity (Wildman–Crippen MR) is 105 cm³/mol. The second-order valence-corrected chi connectivity index (χ2v) is 7.54. The standard InChI is InChI=1S/C18H14BrN5OS/c1-23-17(12-5-3-2-4-6-12)21-22-18(23)26-11-14-9-16(25)24-10-13(19)7-8-15(24)20-14/h2-10H,11H2,1H3. The van der Waals surface area contributed by atoms with Crippen molar-refractivity contribution in [3.63, 3.8) is 0 Å². The Hall–Kier alpha value is -2.45. The van der Waals surface area contributed by atoms with E-state index in [4.69, 9.17) is 0 Å². The molecule has 0 radical (unpaired) electrons. The normalized spacial score (nSPS) is 11.2. The van der Waals surface area contributed by atoms with Crippen molar-refractivity contribution < 1.29 is 0 Å². The zero-order chi connectivity index (χ0) is 18.1. The molecule has 0 N–H and O–H groups in total. The number of pyridine rings is 1. The van der Waals surface area contributed by atoms with Crippen LogP contribution < -0.4 is 5.56 Å². The van der Waals surface area contributed by atoms with Crippen molar-refractivity contribution in [2.75, 3.05) is 0 Å². The molecule has 3 heterocycles. The quantitative estimate of drug-likeness (QED) is 0.466. The van der Waals surface area contributed by atoms with Gasteiger partial charge in [0.2, 0.25) is 0 Å². The van der Waals surface area contributed by atoms with Crippen LogP contribution in [0.5, 0.6) is 0 Å². The first-order valence-corrected chi connectivity index (χ1v) is 9.65. The first-order chi connectivity index (χ1) is 12.6. The third-order valence-corrected chi connectivity index (χ3v) is 5.42. The second kappa shape index (κ2) is 7.05. The number of hydrogen-bond donors (Lipinski definition) is 0. The molecule has 0 aliphatic carbocycles. The maximum absolute atomic E-state index is 12.3. The number of nitrogens with zero attached hydrogens (tertiary/aromatic N) is 5. The van der Waals surface area contributed by atoms with Crippen LogP contribution in [0.4, 0.5) is 0 Å². The Morgan fingerprint density at radius 2 is 1.92 bits per heavy atom. The highest BCUT2D eigenvalue weighted by Gasteiger charge is 2.12. The number of benzene rings is 1. The largest absolute Gasteiger partial charge is 0.305 e. The van der Waals surface area contributed by atoms with E-state index in [0.29, 0.717) is 17.1 Å². The molecule has 0 aliphatic rings. The summed E-state index contributed by atoms with van der Waals surface area (Å²) in [6.45, 7) is 0. The van der Waals surface area contributed by atoms with Crippen molar-refractivity contribution in [2.24, 2.45) is 7.05 Å². The molecule has 4 rings (SSSR count). The summed E-state index contributed by atoms with van der Waals surface area (Å²) >= 11 is 4.87. The third kappa shape index (κ3) is 3.30. The van der Waals surface area contributed by atoms with Crippen LogP contribution in [0.1, 0.15) is 5.69 Å².